The minimum absolute atomic E-state index is 0.685. The van der Waals surface area contributed by atoms with Crippen LogP contribution in [0.3, 0.4) is 0 Å². The first kappa shape index (κ1) is 11.4. The summed E-state index contributed by atoms with van der Waals surface area (Å²) in [4.78, 5) is 8.51. The summed E-state index contributed by atoms with van der Waals surface area (Å²) in [5.74, 6) is 1.61. The molecule has 2 fully saturated rings. The highest BCUT2D eigenvalue weighted by molar-refractivity contribution is 5.81. The van der Waals surface area contributed by atoms with E-state index in [0.717, 1.165) is 22.9 Å². The van der Waals surface area contributed by atoms with Gasteiger partial charge in [-0.05, 0) is 49.1 Å². The van der Waals surface area contributed by atoms with Gasteiger partial charge >= 0.3 is 0 Å². The van der Waals surface area contributed by atoms with Gasteiger partial charge in [-0.3, -0.25) is 0 Å². The highest BCUT2D eigenvalue weighted by Gasteiger charge is 2.62. The fraction of sp³-hybridized carbons (Fsp3) is 0.353. The predicted molar refractivity (Wildman–Crippen MR) is 80.4 cm³/mol. The fourth-order valence-electron chi connectivity index (χ4n) is 3.52. The molecule has 1 unspecified atom stereocenters. The number of hydrogen-bond acceptors (Lipinski definition) is 3. The number of fused-ring (bicyclic) bond motifs is 1. The Bertz CT molecular complexity index is 860. The second-order valence-electron chi connectivity index (χ2n) is 6.51. The lowest BCUT2D eigenvalue weighted by atomic mass is 10.1. The van der Waals surface area contributed by atoms with Gasteiger partial charge in [-0.1, -0.05) is 12.1 Å². The van der Waals surface area contributed by atoms with E-state index in [1.807, 2.05) is 23.9 Å². The first-order valence-electron chi connectivity index (χ1n) is 7.52. The van der Waals surface area contributed by atoms with E-state index in [-0.39, 0.29) is 0 Å². The average molecular weight is 276 g/mol. The van der Waals surface area contributed by atoms with E-state index in [0.29, 0.717) is 5.41 Å². The summed E-state index contributed by atoms with van der Waals surface area (Å²) in [5.41, 5.74) is 4.25. The molecule has 0 saturated heterocycles. The molecule has 0 aliphatic heterocycles. The summed E-state index contributed by atoms with van der Waals surface area (Å²) in [5, 5.41) is 5.67. The molecule has 2 aliphatic rings. The number of rotatable bonds is 2. The lowest BCUT2D eigenvalue weighted by molar-refractivity contribution is 0.837. The van der Waals surface area contributed by atoms with E-state index in [1.54, 1.807) is 6.33 Å². The van der Waals surface area contributed by atoms with Gasteiger partial charge in [0.05, 0.1) is 11.7 Å². The Morgan fingerprint density at radius 1 is 1.19 bits per heavy atom. The number of nitrogens with zero attached hydrogens (tertiary/aromatic N) is 4. The fourth-order valence-corrected chi connectivity index (χ4v) is 3.52. The molecular weight excluding hydrogens is 260 g/mol. The number of aryl methyl sites for hydroxylation is 1. The predicted octanol–water partition coefficient (Wildman–Crippen LogP) is 3.39. The van der Waals surface area contributed by atoms with Crippen molar-refractivity contribution in [3.63, 3.8) is 0 Å². The summed E-state index contributed by atoms with van der Waals surface area (Å²) in [7, 11) is 0. The van der Waals surface area contributed by atoms with Crippen LogP contribution in [0.2, 0.25) is 0 Å². The smallest absolute Gasteiger partial charge is 0.157 e. The molecule has 1 spiro atoms. The van der Waals surface area contributed by atoms with Crippen molar-refractivity contribution < 1.29 is 0 Å². The van der Waals surface area contributed by atoms with Gasteiger partial charge in [-0.2, -0.15) is 5.10 Å². The van der Waals surface area contributed by atoms with Crippen molar-refractivity contribution in [3.8, 4) is 5.82 Å². The molecule has 1 aromatic carbocycles. The maximum atomic E-state index is 4.51. The van der Waals surface area contributed by atoms with Crippen LogP contribution in [0.25, 0.3) is 16.7 Å². The van der Waals surface area contributed by atoms with Crippen molar-refractivity contribution in [3.05, 3.63) is 48.0 Å². The molecule has 0 N–H and O–H groups in total. The Labute approximate surface area is 122 Å². The van der Waals surface area contributed by atoms with Crippen LogP contribution < -0.4 is 0 Å². The second kappa shape index (κ2) is 3.70. The van der Waals surface area contributed by atoms with Gasteiger partial charge < -0.3 is 0 Å². The van der Waals surface area contributed by atoms with Crippen molar-refractivity contribution in [2.75, 3.05) is 0 Å². The van der Waals surface area contributed by atoms with Crippen LogP contribution in [-0.4, -0.2) is 19.7 Å². The molecule has 0 radical (unpaired) electrons. The molecule has 5 rings (SSSR count). The average Bonchev–Trinajstić information content (AvgIpc) is 3.38. The first-order chi connectivity index (χ1) is 10.3. The van der Waals surface area contributed by atoms with Crippen LogP contribution in [-0.2, 0) is 0 Å². The minimum Gasteiger partial charge on any atom is -0.242 e. The Hall–Kier alpha value is -2.23. The maximum Gasteiger partial charge on any atom is 0.157 e. The van der Waals surface area contributed by atoms with Gasteiger partial charge in [-0.15, -0.1) is 0 Å². The quantitative estimate of drug-likeness (QED) is 0.720. The Kier molecular flexibility index (Phi) is 2.01. The summed E-state index contributed by atoms with van der Waals surface area (Å²) >= 11 is 0. The van der Waals surface area contributed by atoms with Crippen LogP contribution in [0, 0.1) is 12.3 Å². The van der Waals surface area contributed by atoms with Gasteiger partial charge in [0.1, 0.15) is 6.33 Å². The maximum absolute atomic E-state index is 4.51. The van der Waals surface area contributed by atoms with E-state index in [1.165, 1.54) is 30.2 Å². The van der Waals surface area contributed by atoms with Crippen molar-refractivity contribution in [2.45, 2.75) is 32.1 Å². The Morgan fingerprint density at radius 2 is 2.10 bits per heavy atom. The molecule has 4 heteroatoms. The zero-order valence-electron chi connectivity index (χ0n) is 12.0. The van der Waals surface area contributed by atoms with Crippen LogP contribution in [0.5, 0.6) is 0 Å². The Balaban J connectivity index is 1.65. The monoisotopic (exact) mass is 276 g/mol. The lowest BCUT2D eigenvalue weighted by Gasteiger charge is -2.05. The standard InChI is InChI=1S/C17H16N4/c1-11-6-16(19-10-18-11)21-15-7-12(2-3-13(15)9-20-21)14-8-17(14)4-5-17/h2-3,6-7,9-10,14H,4-5,8H2,1H3. The lowest BCUT2D eigenvalue weighted by Crippen LogP contribution is -2.00. The third-order valence-electron chi connectivity index (χ3n) is 5.09. The molecule has 3 aromatic rings. The van der Waals surface area contributed by atoms with Crippen LogP contribution >= 0.6 is 0 Å². The molecular formula is C17H16N4. The normalized spacial score (nSPS) is 21.9. The van der Waals surface area contributed by atoms with Gasteiger partial charge in [0.2, 0.25) is 0 Å². The zero-order chi connectivity index (χ0) is 14.0. The van der Waals surface area contributed by atoms with Crippen LogP contribution in [0.15, 0.2) is 36.8 Å². The number of aromatic nitrogens is 4. The van der Waals surface area contributed by atoms with Crippen molar-refractivity contribution in [1.82, 2.24) is 19.7 Å². The highest BCUT2D eigenvalue weighted by atomic mass is 15.3. The molecule has 21 heavy (non-hydrogen) atoms. The van der Waals surface area contributed by atoms with E-state index in [2.05, 4.69) is 33.3 Å². The summed E-state index contributed by atoms with van der Waals surface area (Å²) in [6, 6.07) is 8.74. The van der Waals surface area contributed by atoms with E-state index >= 15 is 0 Å². The number of hydrogen-bond donors (Lipinski definition) is 0. The van der Waals surface area contributed by atoms with Crippen molar-refractivity contribution in [1.29, 1.82) is 0 Å². The molecule has 2 aliphatic carbocycles. The van der Waals surface area contributed by atoms with E-state index in [4.69, 9.17) is 0 Å². The molecule has 2 heterocycles. The summed E-state index contributed by atoms with van der Waals surface area (Å²) in [6.07, 6.45) is 7.72. The zero-order valence-corrected chi connectivity index (χ0v) is 12.0. The van der Waals surface area contributed by atoms with E-state index in [9.17, 15) is 0 Å². The highest BCUT2D eigenvalue weighted by Crippen LogP contribution is 2.75. The second-order valence-corrected chi connectivity index (χ2v) is 6.51. The Morgan fingerprint density at radius 3 is 2.86 bits per heavy atom. The van der Waals surface area contributed by atoms with Gasteiger partial charge in [0.15, 0.2) is 5.82 Å². The summed E-state index contributed by atoms with van der Waals surface area (Å²) < 4.78 is 1.93. The molecule has 1 atom stereocenters. The van der Waals surface area contributed by atoms with Crippen LogP contribution in [0.1, 0.15) is 36.4 Å². The topological polar surface area (TPSA) is 43.6 Å². The first-order valence-corrected chi connectivity index (χ1v) is 7.52. The summed E-state index contributed by atoms with van der Waals surface area (Å²) in [6.45, 7) is 1.98. The third kappa shape index (κ3) is 1.65. The largest absolute Gasteiger partial charge is 0.242 e. The van der Waals surface area contributed by atoms with Gasteiger partial charge in [0, 0.05) is 17.1 Å². The van der Waals surface area contributed by atoms with Gasteiger partial charge in [-0.25, -0.2) is 14.6 Å². The minimum atomic E-state index is 0.685. The number of benzene rings is 1. The molecule has 4 nitrogen and oxygen atoms in total. The van der Waals surface area contributed by atoms with E-state index < -0.39 is 0 Å². The SMILES string of the molecule is Cc1cc(-n2ncc3ccc(C4CC45CC5)cc32)ncn1. The molecule has 2 saturated carbocycles. The molecule has 0 bridgehead atoms. The molecule has 104 valence electrons. The van der Waals surface area contributed by atoms with Gasteiger partial charge in [0.25, 0.3) is 0 Å². The third-order valence-corrected chi connectivity index (χ3v) is 5.09. The molecule has 0 amide bonds. The van der Waals surface area contributed by atoms with Crippen molar-refractivity contribution in [2.24, 2.45) is 5.41 Å². The van der Waals surface area contributed by atoms with Crippen molar-refractivity contribution >= 4 is 10.9 Å². The van der Waals surface area contributed by atoms with Crippen LogP contribution in [0.4, 0.5) is 0 Å². The molecule has 2 aromatic heterocycles.